The number of hydrogen-bond donors (Lipinski definition) is 3. The Hall–Kier alpha value is -3.00. The van der Waals surface area contributed by atoms with Gasteiger partial charge in [0.25, 0.3) is 0 Å². The number of urea groups is 1. The maximum Gasteiger partial charge on any atom is 0.317 e. The maximum absolute atomic E-state index is 12.2. The number of carbonyl (C=O) groups is 3. The van der Waals surface area contributed by atoms with E-state index >= 15 is 0 Å². The van der Waals surface area contributed by atoms with E-state index in [9.17, 15) is 14.4 Å². The van der Waals surface area contributed by atoms with Crippen molar-refractivity contribution in [1.82, 2.24) is 10.2 Å². The normalized spacial score (nSPS) is 10.2. The quantitative estimate of drug-likeness (QED) is 0.562. The molecule has 0 aliphatic heterocycles. The lowest BCUT2D eigenvalue weighted by molar-refractivity contribution is -0.116. The third-order valence-electron chi connectivity index (χ3n) is 3.77. The van der Waals surface area contributed by atoms with Crippen LogP contribution in [0.4, 0.5) is 10.5 Å². The summed E-state index contributed by atoms with van der Waals surface area (Å²) in [5.41, 5.74) is 6.81. The molecule has 2 aromatic carbocycles. The number of primary amides is 1. The van der Waals surface area contributed by atoms with Gasteiger partial charge in [-0.05, 0) is 17.7 Å². The Kier molecular flexibility index (Phi) is 8.36. The number of carbonyl (C=O) groups excluding carboxylic acids is 3. The van der Waals surface area contributed by atoms with Crippen LogP contribution in [0.15, 0.2) is 59.5 Å². The predicted molar refractivity (Wildman–Crippen MR) is 111 cm³/mol. The number of nitrogens with zero attached hydrogens (tertiary/aromatic N) is 1. The average molecular weight is 401 g/mol. The molecule has 0 saturated carbocycles. The monoisotopic (exact) mass is 400 g/mol. The lowest BCUT2D eigenvalue weighted by Crippen LogP contribution is -2.38. The first-order valence-corrected chi connectivity index (χ1v) is 9.77. The van der Waals surface area contributed by atoms with Crippen molar-refractivity contribution in [3.8, 4) is 0 Å². The standard InChI is InChI=1S/C20H24N4O3S/c1-24(13-15-7-3-2-4-8-15)20(27)22-12-11-19(26)23-16-9-5-6-10-17(16)28-14-18(21)25/h2-10H,11-14H2,1H3,(H2,21,25)(H,22,27)(H,23,26). The van der Waals surface area contributed by atoms with Crippen LogP contribution in [0.5, 0.6) is 0 Å². The zero-order chi connectivity index (χ0) is 20.4. The van der Waals surface area contributed by atoms with Crippen molar-refractivity contribution in [3.05, 3.63) is 60.2 Å². The molecule has 0 heterocycles. The van der Waals surface area contributed by atoms with Crippen LogP contribution in [-0.4, -0.2) is 42.1 Å². The highest BCUT2D eigenvalue weighted by molar-refractivity contribution is 8.00. The molecule has 4 N–H and O–H groups in total. The molecule has 28 heavy (non-hydrogen) atoms. The first-order valence-electron chi connectivity index (χ1n) is 8.78. The van der Waals surface area contributed by atoms with E-state index in [1.165, 1.54) is 11.8 Å². The number of rotatable bonds is 9. The lowest BCUT2D eigenvalue weighted by Gasteiger charge is -2.18. The first kappa shape index (κ1) is 21.3. The summed E-state index contributed by atoms with van der Waals surface area (Å²) in [6.45, 7) is 0.712. The van der Waals surface area contributed by atoms with Gasteiger partial charge in [-0.1, -0.05) is 42.5 Å². The summed E-state index contributed by atoms with van der Waals surface area (Å²) < 4.78 is 0. The molecule has 0 fully saturated rings. The molecule has 8 heteroatoms. The number of hydrogen-bond acceptors (Lipinski definition) is 4. The summed E-state index contributed by atoms with van der Waals surface area (Å²) in [5, 5.41) is 5.53. The third kappa shape index (κ3) is 7.32. The number of nitrogens with two attached hydrogens (primary N) is 1. The van der Waals surface area contributed by atoms with E-state index in [4.69, 9.17) is 5.73 Å². The number of para-hydroxylation sites is 1. The highest BCUT2D eigenvalue weighted by atomic mass is 32.2. The van der Waals surface area contributed by atoms with Gasteiger partial charge in [-0.25, -0.2) is 4.79 Å². The summed E-state index contributed by atoms with van der Waals surface area (Å²) in [6, 6.07) is 16.6. The molecule has 0 aliphatic carbocycles. The highest BCUT2D eigenvalue weighted by Gasteiger charge is 2.11. The Morgan fingerprint density at radius 3 is 2.43 bits per heavy atom. The molecule has 0 saturated heterocycles. The SMILES string of the molecule is CN(Cc1ccccc1)C(=O)NCCC(=O)Nc1ccccc1SCC(N)=O. The molecule has 0 bridgehead atoms. The molecule has 0 radical (unpaired) electrons. The maximum atomic E-state index is 12.2. The van der Waals surface area contributed by atoms with Crippen LogP contribution in [-0.2, 0) is 16.1 Å². The largest absolute Gasteiger partial charge is 0.369 e. The van der Waals surface area contributed by atoms with Crippen molar-refractivity contribution in [2.24, 2.45) is 5.73 Å². The Morgan fingerprint density at radius 2 is 1.71 bits per heavy atom. The molecule has 0 spiro atoms. The zero-order valence-electron chi connectivity index (χ0n) is 15.7. The average Bonchev–Trinajstić information content (AvgIpc) is 2.68. The van der Waals surface area contributed by atoms with E-state index < -0.39 is 5.91 Å². The molecule has 0 aliphatic rings. The van der Waals surface area contributed by atoms with E-state index in [1.807, 2.05) is 42.5 Å². The fourth-order valence-corrected chi connectivity index (χ4v) is 3.15. The van der Waals surface area contributed by atoms with Crippen molar-refractivity contribution in [3.63, 3.8) is 0 Å². The minimum Gasteiger partial charge on any atom is -0.369 e. The van der Waals surface area contributed by atoms with E-state index in [0.717, 1.165) is 10.5 Å². The molecule has 0 unspecified atom stereocenters. The fraction of sp³-hybridized carbons (Fsp3) is 0.250. The number of benzene rings is 2. The van der Waals surface area contributed by atoms with Crippen LogP contribution >= 0.6 is 11.8 Å². The van der Waals surface area contributed by atoms with Gasteiger partial charge in [-0.2, -0.15) is 0 Å². The Labute approximate surface area is 168 Å². The summed E-state index contributed by atoms with van der Waals surface area (Å²) in [6.07, 6.45) is 0.139. The van der Waals surface area contributed by atoms with Gasteiger partial charge in [-0.15, -0.1) is 11.8 Å². The van der Waals surface area contributed by atoms with Crippen LogP contribution in [0, 0.1) is 0 Å². The second-order valence-electron chi connectivity index (χ2n) is 6.12. The van der Waals surface area contributed by atoms with Crippen LogP contribution in [0.2, 0.25) is 0 Å². The molecule has 0 aromatic heterocycles. The van der Waals surface area contributed by atoms with Crippen molar-refractivity contribution in [1.29, 1.82) is 0 Å². The number of thioether (sulfide) groups is 1. The Morgan fingerprint density at radius 1 is 1.04 bits per heavy atom. The molecule has 0 atom stereocenters. The van der Waals surface area contributed by atoms with Gasteiger partial charge in [0.1, 0.15) is 0 Å². The minimum absolute atomic E-state index is 0.136. The van der Waals surface area contributed by atoms with Gasteiger partial charge in [0.2, 0.25) is 11.8 Å². The molecule has 2 rings (SSSR count). The summed E-state index contributed by atoms with van der Waals surface area (Å²) in [5.74, 6) is -0.511. The minimum atomic E-state index is -0.423. The van der Waals surface area contributed by atoms with Crippen LogP contribution < -0.4 is 16.4 Å². The molecule has 2 aromatic rings. The number of nitrogens with one attached hydrogen (secondary N) is 2. The Balaban J connectivity index is 1.76. The van der Waals surface area contributed by atoms with Crippen LogP contribution in [0.25, 0.3) is 0 Å². The smallest absolute Gasteiger partial charge is 0.317 e. The Bertz CT molecular complexity index is 814. The van der Waals surface area contributed by atoms with E-state index in [2.05, 4.69) is 10.6 Å². The van der Waals surface area contributed by atoms with Gasteiger partial charge < -0.3 is 21.3 Å². The molecular formula is C20H24N4O3S. The summed E-state index contributed by atoms with van der Waals surface area (Å²) in [7, 11) is 1.70. The molecule has 7 nitrogen and oxygen atoms in total. The second-order valence-corrected chi connectivity index (χ2v) is 7.14. The zero-order valence-corrected chi connectivity index (χ0v) is 16.5. The van der Waals surface area contributed by atoms with Gasteiger partial charge in [0, 0.05) is 31.5 Å². The molecule has 148 valence electrons. The van der Waals surface area contributed by atoms with E-state index in [-0.39, 0.29) is 30.7 Å². The van der Waals surface area contributed by atoms with Crippen molar-refractivity contribution in [2.75, 3.05) is 24.7 Å². The van der Waals surface area contributed by atoms with Crippen molar-refractivity contribution in [2.45, 2.75) is 17.9 Å². The fourth-order valence-electron chi connectivity index (χ4n) is 2.40. The lowest BCUT2D eigenvalue weighted by atomic mass is 10.2. The van der Waals surface area contributed by atoms with Crippen LogP contribution in [0.3, 0.4) is 0 Å². The second kappa shape index (κ2) is 11.0. The van der Waals surface area contributed by atoms with E-state index in [0.29, 0.717) is 12.2 Å². The van der Waals surface area contributed by atoms with Crippen LogP contribution in [0.1, 0.15) is 12.0 Å². The topological polar surface area (TPSA) is 105 Å². The van der Waals surface area contributed by atoms with Crippen molar-refractivity contribution >= 4 is 35.3 Å². The van der Waals surface area contributed by atoms with Gasteiger partial charge >= 0.3 is 6.03 Å². The number of amides is 4. The predicted octanol–water partition coefficient (Wildman–Crippen LogP) is 2.43. The number of anilines is 1. The summed E-state index contributed by atoms with van der Waals surface area (Å²) >= 11 is 1.26. The third-order valence-corrected chi connectivity index (χ3v) is 4.86. The van der Waals surface area contributed by atoms with Gasteiger partial charge in [0.05, 0.1) is 11.4 Å². The summed E-state index contributed by atoms with van der Waals surface area (Å²) in [4.78, 5) is 37.6. The first-order chi connectivity index (χ1) is 13.5. The molecule has 4 amide bonds. The van der Waals surface area contributed by atoms with Crippen molar-refractivity contribution < 1.29 is 14.4 Å². The highest BCUT2D eigenvalue weighted by Crippen LogP contribution is 2.26. The van der Waals surface area contributed by atoms with Gasteiger partial charge in [-0.3, -0.25) is 9.59 Å². The van der Waals surface area contributed by atoms with Gasteiger partial charge in [0.15, 0.2) is 0 Å². The molecular weight excluding hydrogens is 376 g/mol. The van der Waals surface area contributed by atoms with E-state index in [1.54, 1.807) is 24.1 Å².